The topological polar surface area (TPSA) is 32.7 Å². The van der Waals surface area contributed by atoms with Crippen molar-refractivity contribution in [2.45, 2.75) is 13.5 Å². The van der Waals surface area contributed by atoms with Crippen molar-refractivity contribution >= 4 is 11.4 Å². The largest absolute Gasteiger partial charge is 0.367 e. The Balaban J connectivity index is 2.15. The maximum atomic E-state index is 10.4. The molecule has 0 aliphatic heterocycles. The van der Waals surface area contributed by atoms with Crippen LogP contribution in [0.1, 0.15) is 12.5 Å². The van der Waals surface area contributed by atoms with Crippen molar-refractivity contribution in [2.24, 2.45) is 5.18 Å². The van der Waals surface area contributed by atoms with Crippen molar-refractivity contribution in [1.29, 1.82) is 0 Å². The van der Waals surface area contributed by atoms with E-state index in [1.165, 1.54) is 5.56 Å². The second-order valence-electron chi connectivity index (χ2n) is 4.11. The highest BCUT2D eigenvalue weighted by Crippen LogP contribution is 2.21. The number of anilines is 1. The lowest BCUT2D eigenvalue weighted by molar-refractivity contribution is 0.832. The van der Waals surface area contributed by atoms with Gasteiger partial charge in [0, 0.05) is 18.8 Å². The molecule has 3 heteroatoms. The van der Waals surface area contributed by atoms with E-state index in [1.54, 1.807) is 12.1 Å². The van der Waals surface area contributed by atoms with Crippen LogP contribution in [0.5, 0.6) is 0 Å². The Bertz CT molecular complexity index is 494. The van der Waals surface area contributed by atoms with Gasteiger partial charge in [0.15, 0.2) is 0 Å². The first-order valence-corrected chi connectivity index (χ1v) is 6.05. The first kappa shape index (κ1) is 12.3. The van der Waals surface area contributed by atoms with Gasteiger partial charge in [0.05, 0.1) is 0 Å². The number of hydrogen-bond donors (Lipinski definition) is 0. The highest BCUT2D eigenvalue weighted by Gasteiger charge is 2.05. The molecule has 3 nitrogen and oxygen atoms in total. The molecule has 0 aliphatic carbocycles. The van der Waals surface area contributed by atoms with Crippen LogP contribution in [0.15, 0.2) is 59.8 Å². The van der Waals surface area contributed by atoms with Crippen molar-refractivity contribution in [3.8, 4) is 0 Å². The summed E-state index contributed by atoms with van der Waals surface area (Å²) in [6.45, 7) is 3.91. The summed E-state index contributed by atoms with van der Waals surface area (Å²) < 4.78 is 0. The Morgan fingerprint density at radius 3 is 2.22 bits per heavy atom. The summed E-state index contributed by atoms with van der Waals surface area (Å²) in [6.07, 6.45) is 0. The van der Waals surface area contributed by atoms with Crippen molar-refractivity contribution in [3.63, 3.8) is 0 Å². The highest BCUT2D eigenvalue weighted by atomic mass is 16.3. The van der Waals surface area contributed by atoms with Crippen LogP contribution in [-0.4, -0.2) is 6.54 Å². The average Bonchev–Trinajstić information content (AvgIpc) is 2.46. The standard InChI is InChI=1S/C15H16N2O/c1-2-17(12-13-6-4-3-5-7-13)15-10-8-14(16-18)9-11-15/h3-11H,2,12H2,1H3. The molecule has 2 rings (SSSR count). The summed E-state index contributed by atoms with van der Waals surface area (Å²) in [7, 11) is 0. The molecule has 0 atom stereocenters. The zero-order chi connectivity index (χ0) is 12.8. The number of nitroso groups, excluding NO2 is 1. The number of rotatable bonds is 5. The van der Waals surface area contributed by atoms with E-state index >= 15 is 0 Å². The van der Waals surface area contributed by atoms with E-state index in [-0.39, 0.29) is 0 Å². The molecule has 0 saturated carbocycles. The molecule has 0 heterocycles. The van der Waals surface area contributed by atoms with Crippen LogP contribution in [0.2, 0.25) is 0 Å². The smallest absolute Gasteiger partial charge is 0.108 e. The normalized spacial score (nSPS) is 10.1. The molecule has 0 spiro atoms. The van der Waals surface area contributed by atoms with Gasteiger partial charge >= 0.3 is 0 Å². The Morgan fingerprint density at radius 2 is 1.67 bits per heavy atom. The average molecular weight is 240 g/mol. The Kier molecular flexibility index (Phi) is 4.07. The third-order valence-electron chi connectivity index (χ3n) is 2.92. The maximum absolute atomic E-state index is 10.4. The molecule has 2 aromatic rings. The van der Waals surface area contributed by atoms with Crippen LogP contribution >= 0.6 is 0 Å². The van der Waals surface area contributed by atoms with E-state index in [0.717, 1.165) is 18.8 Å². The van der Waals surface area contributed by atoms with E-state index in [9.17, 15) is 4.91 Å². The molecule has 0 fully saturated rings. The second-order valence-corrected chi connectivity index (χ2v) is 4.11. The summed E-state index contributed by atoms with van der Waals surface area (Å²) in [6, 6.07) is 17.7. The highest BCUT2D eigenvalue weighted by molar-refractivity contribution is 5.53. The molecule has 0 aliphatic rings. The lowest BCUT2D eigenvalue weighted by atomic mass is 10.2. The van der Waals surface area contributed by atoms with E-state index in [1.807, 2.05) is 30.3 Å². The first-order chi connectivity index (χ1) is 8.83. The van der Waals surface area contributed by atoms with E-state index < -0.39 is 0 Å². The second kappa shape index (κ2) is 5.96. The minimum Gasteiger partial charge on any atom is -0.367 e. The zero-order valence-corrected chi connectivity index (χ0v) is 10.4. The number of benzene rings is 2. The Hall–Kier alpha value is -2.16. The minimum absolute atomic E-state index is 0.467. The van der Waals surface area contributed by atoms with Gasteiger partial charge in [-0.25, -0.2) is 0 Å². The molecule has 0 aromatic heterocycles. The van der Waals surface area contributed by atoms with Gasteiger partial charge in [0.2, 0.25) is 0 Å². The summed E-state index contributed by atoms with van der Waals surface area (Å²) in [5, 5.41) is 2.91. The summed E-state index contributed by atoms with van der Waals surface area (Å²) in [5.74, 6) is 0. The van der Waals surface area contributed by atoms with Gasteiger partial charge < -0.3 is 4.90 Å². The van der Waals surface area contributed by atoms with Gasteiger partial charge in [-0.05, 0) is 41.9 Å². The maximum Gasteiger partial charge on any atom is 0.108 e. The quantitative estimate of drug-likeness (QED) is 0.737. The molecule has 0 bridgehead atoms. The molecule has 18 heavy (non-hydrogen) atoms. The van der Waals surface area contributed by atoms with Crippen molar-refractivity contribution in [1.82, 2.24) is 0 Å². The van der Waals surface area contributed by atoms with Crippen molar-refractivity contribution in [3.05, 3.63) is 65.1 Å². The first-order valence-electron chi connectivity index (χ1n) is 6.05. The van der Waals surface area contributed by atoms with Crippen LogP contribution in [0.4, 0.5) is 11.4 Å². The summed E-state index contributed by atoms with van der Waals surface area (Å²) in [5.41, 5.74) is 2.85. The van der Waals surface area contributed by atoms with E-state index in [4.69, 9.17) is 0 Å². The molecule has 0 unspecified atom stereocenters. The molecule has 0 amide bonds. The molecule has 0 saturated heterocycles. The van der Waals surface area contributed by atoms with Gasteiger partial charge in [-0.15, -0.1) is 4.91 Å². The van der Waals surface area contributed by atoms with Crippen LogP contribution < -0.4 is 4.90 Å². The molecular formula is C15H16N2O. The Morgan fingerprint density at radius 1 is 1.00 bits per heavy atom. The molecule has 0 radical (unpaired) electrons. The summed E-state index contributed by atoms with van der Waals surface area (Å²) >= 11 is 0. The lowest BCUT2D eigenvalue weighted by Gasteiger charge is -2.23. The molecule has 2 aromatic carbocycles. The predicted octanol–water partition coefficient (Wildman–Crippen LogP) is 4.11. The third-order valence-corrected chi connectivity index (χ3v) is 2.92. The SMILES string of the molecule is CCN(Cc1ccccc1)c1ccc(N=O)cc1. The monoisotopic (exact) mass is 240 g/mol. The van der Waals surface area contributed by atoms with Crippen molar-refractivity contribution in [2.75, 3.05) is 11.4 Å². The van der Waals surface area contributed by atoms with Gasteiger partial charge in [0.1, 0.15) is 5.69 Å². The summed E-state index contributed by atoms with van der Waals surface area (Å²) in [4.78, 5) is 12.6. The van der Waals surface area contributed by atoms with E-state index in [2.05, 4.69) is 29.1 Å². The van der Waals surface area contributed by atoms with Crippen LogP contribution in [0.25, 0.3) is 0 Å². The Labute approximate surface area is 107 Å². The van der Waals surface area contributed by atoms with Crippen LogP contribution in [0.3, 0.4) is 0 Å². The fourth-order valence-electron chi connectivity index (χ4n) is 1.91. The number of nitrogens with zero attached hydrogens (tertiary/aromatic N) is 2. The van der Waals surface area contributed by atoms with Crippen LogP contribution in [0, 0.1) is 4.91 Å². The fraction of sp³-hybridized carbons (Fsp3) is 0.200. The minimum atomic E-state index is 0.467. The lowest BCUT2D eigenvalue weighted by Crippen LogP contribution is -2.21. The molecule has 92 valence electrons. The van der Waals surface area contributed by atoms with Crippen LogP contribution in [-0.2, 0) is 6.54 Å². The zero-order valence-electron chi connectivity index (χ0n) is 10.4. The fourth-order valence-corrected chi connectivity index (χ4v) is 1.91. The molecule has 0 N–H and O–H groups in total. The van der Waals surface area contributed by atoms with Gasteiger partial charge in [-0.3, -0.25) is 0 Å². The van der Waals surface area contributed by atoms with Gasteiger partial charge in [-0.1, -0.05) is 30.3 Å². The molecular weight excluding hydrogens is 224 g/mol. The van der Waals surface area contributed by atoms with Gasteiger partial charge in [-0.2, -0.15) is 0 Å². The predicted molar refractivity (Wildman–Crippen MR) is 75.1 cm³/mol. The third kappa shape index (κ3) is 2.94. The number of hydrogen-bond acceptors (Lipinski definition) is 3. The van der Waals surface area contributed by atoms with Crippen molar-refractivity contribution < 1.29 is 0 Å². The van der Waals surface area contributed by atoms with E-state index in [0.29, 0.717) is 5.69 Å². The van der Waals surface area contributed by atoms with Gasteiger partial charge in [0.25, 0.3) is 0 Å².